The quantitative estimate of drug-likeness (QED) is 0.693. The van der Waals surface area contributed by atoms with E-state index in [1.165, 1.54) is 4.90 Å². The standard InChI is InChI=1S/C25H28N2O3/c1-4-30-21-12-10-19(11-13-21)22-23(26-14-6-8-18(3)16-26)25(29)27(24(22)28)20-9-5-7-17(2)15-20/h5,7,9-13,15,18H,4,6,8,14,16H2,1-3H3. The third-order valence-electron chi connectivity index (χ3n) is 5.75. The Labute approximate surface area is 177 Å². The number of aryl methyl sites for hydroxylation is 1. The van der Waals surface area contributed by atoms with Crippen LogP contribution in [-0.2, 0) is 9.59 Å². The number of hydrogen-bond acceptors (Lipinski definition) is 4. The van der Waals surface area contributed by atoms with Crippen molar-refractivity contribution in [1.82, 2.24) is 4.90 Å². The molecule has 1 saturated heterocycles. The molecule has 0 spiro atoms. The fourth-order valence-corrected chi connectivity index (χ4v) is 4.35. The lowest BCUT2D eigenvalue weighted by molar-refractivity contribution is -0.120. The van der Waals surface area contributed by atoms with Gasteiger partial charge in [-0.2, -0.15) is 0 Å². The van der Waals surface area contributed by atoms with Gasteiger partial charge < -0.3 is 9.64 Å². The number of rotatable bonds is 5. The van der Waals surface area contributed by atoms with E-state index in [9.17, 15) is 9.59 Å². The van der Waals surface area contributed by atoms with E-state index in [1.54, 1.807) is 0 Å². The first kappa shape index (κ1) is 20.2. The van der Waals surface area contributed by atoms with E-state index in [1.807, 2.05) is 62.4 Å². The summed E-state index contributed by atoms with van der Waals surface area (Å²) in [5.41, 5.74) is 3.39. The molecular formula is C25H28N2O3. The molecule has 0 N–H and O–H groups in total. The molecule has 5 nitrogen and oxygen atoms in total. The number of ether oxygens (including phenoxy) is 1. The maximum Gasteiger partial charge on any atom is 0.282 e. The van der Waals surface area contributed by atoms with Crippen LogP contribution in [0.5, 0.6) is 5.75 Å². The first-order chi connectivity index (χ1) is 14.5. The minimum atomic E-state index is -0.261. The molecule has 2 heterocycles. The minimum Gasteiger partial charge on any atom is -0.494 e. The zero-order valence-corrected chi connectivity index (χ0v) is 17.9. The molecule has 2 amide bonds. The second-order valence-corrected chi connectivity index (χ2v) is 8.16. The molecule has 0 radical (unpaired) electrons. The van der Waals surface area contributed by atoms with E-state index in [0.717, 1.165) is 42.8 Å². The van der Waals surface area contributed by atoms with Crippen LogP contribution in [0.15, 0.2) is 54.2 Å². The fraction of sp³-hybridized carbons (Fsp3) is 0.360. The molecular weight excluding hydrogens is 376 g/mol. The van der Waals surface area contributed by atoms with Gasteiger partial charge in [0, 0.05) is 13.1 Å². The van der Waals surface area contributed by atoms with Crippen molar-refractivity contribution in [2.45, 2.75) is 33.6 Å². The average molecular weight is 405 g/mol. The molecule has 156 valence electrons. The number of piperidine rings is 1. The van der Waals surface area contributed by atoms with Crippen LogP contribution in [0.4, 0.5) is 5.69 Å². The Bertz CT molecular complexity index is 994. The van der Waals surface area contributed by atoms with E-state index in [4.69, 9.17) is 4.74 Å². The summed E-state index contributed by atoms with van der Waals surface area (Å²) in [5, 5.41) is 0. The number of amides is 2. The normalized spacial score (nSPS) is 19.6. The number of anilines is 1. The van der Waals surface area contributed by atoms with Gasteiger partial charge in [0.15, 0.2) is 0 Å². The van der Waals surface area contributed by atoms with Crippen molar-refractivity contribution >= 4 is 23.1 Å². The monoisotopic (exact) mass is 404 g/mol. The largest absolute Gasteiger partial charge is 0.494 e. The Morgan fingerprint density at radius 2 is 1.83 bits per heavy atom. The second-order valence-electron chi connectivity index (χ2n) is 8.16. The Kier molecular flexibility index (Phi) is 5.62. The van der Waals surface area contributed by atoms with Crippen molar-refractivity contribution in [2.24, 2.45) is 5.92 Å². The van der Waals surface area contributed by atoms with Gasteiger partial charge in [-0.15, -0.1) is 0 Å². The molecule has 5 heteroatoms. The Morgan fingerprint density at radius 1 is 1.07 bits per heavy atom. The summed E-state index contributed by atoms with van der Waals surface area (Å²) in [4.78, 5) is 30.6. The third-order valence-corrected chi connectivity index (χ3v) is 5.75. The van der Waals surface area contributed by atoms with Crippen LogP contribution >= 0.6 is 0 Å². The Hall–Kier alpha value is -3.08. The van der Waals surface area contributed by atoms with E-state index < -0.39 is 0 Å². The van der Waals surface area contributed by atoms with Crippen molar-refractivity contribution in [3.63, 3.8) is 0 Å². The first-order valence-electron chi connectivity index (χ1n) is 10.7. The highest BCUT2D eigenvalue weighted by molar-refractivity contribution is 6.45. The number of imide groups is 1. The molecule has 1 unspecified atom stereocenters. The number of benzene rings is 2. The molecule has 0 bridgehead atoms. The summed E-state index contributed by atoms with van der Waals surface area (Å²) in [7, 11) is 0. The molecule has 0 saturated carbocycles. The van der Waals surface area contributed by atoms with Crippen LogP contribution in [0.2, 0.25) is 0 Å². The van der Waals surface area contributed by atoms with Gasteiger partial charge in [-0.25, -0.2) is 4.90 Å². The lowest BCUT2D eigenvalue weighted by atomic mass is 9.97. The third kappa shape index (κ3) is 3.72. The highest BCUT2D eigenvalue weighted by Gasteiger charge is 2.43. The summed E-state index contributed by atoms with van der Waals surface area (Å²) in [6, 6.07) is 15.0. The van der Waals surface area contributed by atoms with Crippen molar-refractivity contribution in [3.05, 3.63) is 65.4 Å². The Morgan fingerprint density at radius 3 is 2.50 bits per heavy atom. The smallest absolute Gasteiger partial charge is 0.282 e. The maximum atomic E-state index is 13.6. The number of carbonyl (C=O) groups excluding carboxylic acids is 2. The van der Waals surface area contributed by atoms with Crippen molar-refractivity contribution in [2.75, 3.05) is 24.6 Å². The number of likely N-dealkylation sites (tertiary alicyclic amines) is 1. The zero-order chi connectivity index (χ0) is 21.3. The molecule has 2 aromatic carbocycles. The number of hydrogen-bond donors (Lipinski definition) is 0. The van der Waals surface area contributed by atoms with Crippen molar-refractivity contribution in [3.8, 4) is 5.75 Å². The number of nitrogens with zero attached hydrogens (tertiary/aromatic N) is 2. The molecule has 4 rings (SSSR count). The van der Waals surface area contributed by atoms with E-state index >= 15 is 0 Å². The van der Waals surface area contributed by atoms with Gasteiger partial charge in [-0.05, 0) is 68.0 Å². The molecule has 0 aromatic heterocycles. The van der Waals surface area contributed by atoms with Crippen LogP contribution in [0.1, 0.15) is 37.8 Å². The van der Waals surface area contributed by atoms with Crippen LogP contribution in [0.25, 0.3) is 5.57 Å². The van der Waals surface area contributed by atoms with E-state index in [-0.39, 0.29) is 11.8 Å². The fourth-order valence-electron chi connectivity index (χ4n) is 4.35. The van der Waals surface area contributed by atoms with Crippen LogP contribution in [0.3, 0.4) is 0 Å². The summed E-state index contributed by atoms with van der Waals surface area (Å²) >= 11 is 0. The average Bonchev–Trinajstić information content (AvgIpc) is 2.99. The van der Waals surface area contributed by atoms with Crippen LogP contribution in [-0.4, -0.2) is 36.4 Å². The van der Waals surface area contributed by atoms with Crippen molar-refractivity contribution in [1.29, 1.82) is 0 Å². The molecule has 1 atom stereocenters. The summed E-state index contributed by atoms with van der Waals surface area (Å²) in [6.45, 7) is 8.26. The lowest BCUT2D eigenvalue weighted by Crippen LogP contribution is -2.39. The van der Waals surface area contributed by atoms with E-state index in [0.29, 0.717) is 29.5 Å². The highest BCUT2D eigenvalue weighted by atomic mass is 16.5. The SMILES string of the molecule is CCOc1ccc(C2=C(N3CCCC(C)C3)C(=O)N(c3cccc(C)c3)C2=O)cc1. The van der Waals surface area contributed by atoms with Crippen LogP contribution < -0.4 is 9.64 Å². The molecule has 2 aliphatic rings. The second kappa shape index (κ2) is 8.34. The molecule has 2 aliphatic heterocycles. The van der Waals surface area contributed by atoms with Crippen LogP contribution in [0, 0.1) is 12.8 Å². The summed E-state index contributed by atoms with van der Waals surface area (Å²) < 4.78 is 5.54. The van der Waals surface area contributed by atoms with Gasteiger partial charge in [-0.1, -0.05) is 31.2 Å². The lowest BCUT2D eigenvalue weighted by Gasteiger charge is -2.33. The zero-order valence-electron chi connectivity index (χ0n) is 17.9. The first-order valence-corrected chi connectivity index (χ1v) is 10.7. The van der Waals surface area contributed by atoms with Crippen molar-refractivity contribution < 1.29 is 14.3 Å². The summed E-state index contributed by atoms with van der Waals surface area (Å²) in [5.74, 6) is 0.748. The maximum absolute atomic E-state index is 13.6. The minimum absolute atomic E-state index is 0.233. The molecule has 30 heavy (non-hydrogen) atoms. The topological polar surface area (TPSA) is 49.9 Å². The Balaban J connectivity index is 1.79. The molecule has 0 aliphatic carbocycles. The van der Waals surface area contributed by atoms with E-state index in [2.05, 4.69) is 11.8 Å². The number of carbonyl (C=O) groups is 2. The predicted molar refractivity (Wildman–Crippen MR) is 118 cm³/mol. The van der Waals surface area contributed by atoms with Gasteiger partial charge in [0.1, 0.15) is 11.4 Å². The predicted octanol–water partition coefficient (Wildman–Crippen LogP) is 4.41. The molecule has 1 fully saturated rings. The highest BCUT2D eigenvalue weighted by Crippen LogP contribution is 2.37. The van der Waals surface area contributed by atoms with Gasteiger partial charge in [0.05, 0.1) is 17.9 Å². The van der Waals surface area contributed by atoms with Gasteiger partial charge >= 0.3 is 0 Å². The van der Waals surface area contributed by atoms with Gasteiger partial charge in [-0.3, -0.25) is 9.59 Å². The summed E-state index contributed by atoms with van der Waals surface area (Å²) in [6.07, 6.45) is 2.17. The van der Waals surface area contributed by atoms with Gasteiger partial charge in [0.25, 0.3) is 11.8 Å². The van der Waals surface area contributed by atoms with Gasteiger partial charge in [0.2, 0.25) is 0 Å². The molecule has 2 aromatic rings.